The maximum absolute atomic E-state index is 14.6. The lowest BCUT2D eigenvalue weighted by molar-refractivity contribution is -0.140. The number of hydrogen-bond donors (Lipinski definition) is 1. The molecule has 0 aliphatic heterocycles. The summed E-state index contributed by atoms with van der Waals surface area (Å²) >= 11 is 16.1. The Labute approximate surface area is 294 Å². The number of benzene rings is 4. The quantitative estimate of drug-likeness (QED) is 0.144. The normalized spacial score (nSPS) is 11.9. The maximum Gasteiger partial charge on any atom is 0.264 e. The lowest BCUT2D eigenvalue weighted by Crippen LogP contribution is -2.53. The molecule has 1 atom stereocenters. The van der Waals surface area contributed by atoms with Gasteiger partial charge in [0.05, 0.1) is 22.2 Å². The highest BCUT2D eigenvalue weighted by atomic mass is 79.9. The second kappa shape index (κ2) is 16.5. The van der Waals surface area contributed by atoms with Crippen LogP contribution in [0.1, 0.15) is 30.0 Å². The van der Waals surface area contributed by atoms with Crippen LogP contribution in [0.15, 0.2) is 100 Å². The van der Waals surface area contributed by atoms with E-state index in [1.807, 2.05) is 44.2 Å². The summed E-state index contributed by atoms with van der Waals surface area (Å²) in [7, 11) is -2.81. The minimum Gasteiger partial charge on any atom is -0.496 e. The number of nitrogens with zero attached hydrogens (tertiary/aromatic N) is 2. The predicted octanol–water partition coefficient (Wildman–Crippen LogP) is 7.43. The van der Waals surface area contributed by atoms with E-state index >= 15 is 0 Å². The number of carbonyl (C=O) groups is 2. The Balaban J connectivity index is 1.83. The van der Waals surface area contributed by atoms with Crippen molar-refractivity contribution in [3.05, 3.63) is 122 Å². The Morgan fingerprint density at radius 3 is 2.28 bits per heavy atom. The van der Waals surface area contributed by atoms with Crippen LogP contribution in [-0.4, -0.2) is 51.4 Å². The number of amides is 2. The van der Waals surface area contributed by atoms with E-state index in [9.17, 15) is 18.0 Å². The molecule has 0 saturated carbocycles. The van der Waals surface area contributed by atoms with Gasteiger partial charge >= 0.3 is 0 Å². The number of hydrogen-bond acceptors (Lipinski definition) is 5. The molecular weight excluding hydrogens is 725 g/mol. The van der Waals surface area contributed by atoms with Gasteiger partial charge in [-0.1, -0.05) is 84.2 Å². The summed E-state index contributed by atoms with van der Waals surface area (Å²) in [6.45, 7) is 3.57. The van der Waals surface area contributed by atoms with Crippen LogP contribution in [0.4, 0.5) is 5.69 Å². The lowest BCUT2D eigenvalue weighted by Gasteiger charge is -2.34. The number of anilines is 1. The smallest absolute Gasteiger partial charge is 0.264 e. The molecule has 0 fully saturated rings. The average Bonchev–Trinajstić information content (AvgIpc) is 3.05. The van der Waals surface area contributed by atoms with Gasteiger partial charge in [-0.3, -0.25) is 13.9 Å². The highest BCUT2D eigenvalue weighted by molar-refractivity contribution is 9.10. The van der Waals surface area contributed by atoms with Gasteiger partial charge in [0, 0.05) is 29.6 Å². The molecule has 248 valence electrons. The first-order chi connectivity index (χ1) is 22.4. The number of halogens is 3. The van der Waals surface area contributed by atoms with E-state index in [0.29, 0.717) is 38.8 Å². The van der Waals surface area contributed by atoms with Gasteiger partial charge < -0.3 is 15.0 Å². The van der Waals surface area contributed by atoms with Gasteiger partial charge in [0.25, 0.3) is 10.0 Å². The third kappa shape index (κ3) is 9.28. The fourth-order valence-electron chi connectivity index (χ4n) is 4.93. The van der Waals surface area contributed by atoms with E-state index in [1.54, 1.807) is 42.5 Å². The minimum atomic E-state index is -4.29. The van der Waals surface area contributed by atoms with Crippen molar-refractivity contribution in [2.24, 2.45) is 0 Å². The third-order valence-corrected chi connectivity index (χ3v) is 10.5. The van der Waals surface area contributed by atoms with Crippen molar-refractivity contribution in [3.63, 3.8) is 0 Å². The standard InChI is InChI=1S/C35H36BrCl2N3O5S/c1-4-18-39-35(43)32(19-25-8-6-5-7-9-25)40(22-26-12-13-27(37)20-31(26)38)34(42)23-41(28-14-10-24(2)11-15-28)47(44,45)29-16-17-33(46-3)30(36)21-29/h5-17,20-21,32H,4,18-19,22-23H2,1-3H3,(H,39,43). The first-order valence-electron chi connectivity index (χ1n) is 14.9. The van der Waals surface area contributed by atoms with Crippen LogP contribution in [0.3, 0.4) is 0 Å². The maximum atomic E-state index is 14.6. The van der Waals surface area contributed by atoms with Crippen LogP contribution < -0.4 is 14.4 Å². The van der Waals surface area contributed by atoms with Crippen LogP contribution in [0.5, 0.6) is 5.75 Å². The fourth-order valence-corrected chi connectivity index (χ4v) is 7.53. The molecule has 0 aromatic heterocycles. The Kier molecular flexibility index (Phi) is 12.7. The van der Waals surface area contributed by atoms with Crippen molar-refractivity contribution in [2.75, 3.05) is 24.5 Å². The summed E-state index contributed by atoms with van der Waals surface area (Å²) in [5.41, 5.74) is 2.58. The zero-order valence-electron chi connectivity index (χ0n) is 26.3. The number of carbonyl (C=O) groups excluding carboxylic acids is 2. The highest BCUT2D eigenvalue weighted by Gasteiger charge is 2.35. The molecular formula is C35H36BrCl2N3O5S. The Hall–Kier alpha value is -3.57. The number of ether oxygens (including phenoxy) is 1. The van der Waals surface area contributed by atoms with E-state index in [0.717, 1.165) is 15.4 Å². The molecule has 47 heavy (non-hydrogen) atoms. The molecule has 4 rings (SSSR count). The van der Waals surface area contributed by atoms with Gasteiger partial charge in [-0.2, -0.15) is 0 Å². The molecule has 0 radical (unpaired) electrons. The van der Waals surface area contributed by atoms with Gasteiger partial charge in [0.15, 0.2) is 0 Å². The molecule has 1 unspecified atom stereocenters. The van der Waals surface area contributed by atoms with E-state index in [-0.39, 0.29) is 29.5 Å². The summed E-state index contributed by atoms with van der Waals surface area (Å²) in [4.78, 5) is 29.7. The van der Waals surface area contributed by atoms with Crippen molar-refractivity contribution >= 4 is 66.7 Å². The van der Waals surface area contributed by atoms with Crippen LogP contribution in [0.25, 0.3) is 0 Å². The fraction of sp³-hybridized carbons (Fsp3) is 0.257. The number of nitrogens with one attached hydrogen (secondary N) is 1. The molecule has 4 aromatic carbocycles. The van der Waals surface area contributed by atoms with E-state index < -0.39 is 28.5 Å². The van der Waals surface area contributed by atoms with Crippen LogP contribution >= 0.6 is 39.1 Å². The van der Waals surface area contributed by atoms with Gasteiger partial charge in [0.1, 0.15) is 18.3 Å². The molecule has 0 spiro atoms. The SMILES string of the molecule is CCCNC(=O)C(Cc1ccccc1)N(Cc1ccc(Cl)cc1Cl)C(=O)CN(c1ccc(C)cc1)S(=O)(=O)c1ccc(OC)c(Br)c1. The highest BCUT2D eigenvalue weighted by Crippen LogP contribution is 2.31. The number of rotatable bonds is 14. The van der Waals surface area contributed by atoms with Crippen molar-refractivity contribution in [1.29, 1.82) is 0 Å². The molecule has 12 heteroatoms. The zero-order valence-corrected chi connectivity index (χ0v) is 30.2. The largest absolute Gasteiger partial charge is 0.496 e. The van der Waals surface area contributed by atoms with Crippen molar-refractivity contribution in [1.82, 2.24) is 10.2 Å². The molecule has 0 aliphatic rings. The number of sulfonamides is 1. The van der Waals surface area contributed by atoms with Crippen molar-refractivity contribution in [2.45, 2.75) is 44.2 Å². The minimum absolute atomic E-state index is 0.0487. The number of methoxy groups -OCH3 is 1. The van der Waals surface area contributed by atoms with E-state index in [1.165, 1.54) is 30.2 Å². The first-order valence-corrected chi connectivity index (χ1v) is 17.9. The van der Waals surface area contributed by atoms with Crippen molar-refractivity contribution in [3.8, 4) is 5.75 Å². The topological polar surface area (TPSA) is 96.0 Å². The summed E-state index contributed by atoms with van der Waals surface area (Å²) in [5, 5.41) is 3.66. The third-order valence-electron chi connectivity index (χ3n) is 7.49. The number of aryl methyl sites for hydroxylation is 1. The lowest BCUT2D eigenvalue weighted by atomic mass is 10.0. The van der Waals surface area contributed by atoms with Crippen LogP contribution in [0.2, 0.25) is 10.0 Å². The van der Waals surface area contributed by atoms with E-state index in [4.69, 9.17) is 27.9 Å². The second-order valence-electron chi connectivity index (χ2n) is 10.9. The zero-order chi connectivity index (χ0) is 34.1. The molecule has 4 aromatic rings. The van der Waals surface area contributed by atoms with Gasteiger partial charge in [-0.05, 0) is 82.9 Å². The molecule has 2 amide bonds. The first kappa shape index (κ1) is 36.3. The molecule has 0 saturated heterocycles. The van der Waals surface area contributed by atoms with Crippen molar-refractivity contribution < 1.29 is 22.7 Å². The van der Waals surface area contributed by atoms with Gasteiger partial charge in [-0.15, -0.1) is 0 Å². The predicted molar refractivity (Wildman–Crippen MR) is 191 cm³/mol. The molecule has 0 aliphatic carbocycles. The summed E-state index contributed by atoms with van der Waals surface area (Å²) < 4.78 is 35.4. The molecule has 0 heterocycles. The monoisotopic (exact) mass is 759 g/mol. The Morgan fingerprint density at radius 2 is 1.66 bits per heavy atom. The average molecular weight is 762 g/mol. The molecule has 8 nitrogen and oxygen atoms in total. The Bertz CT molecular complexity index is 1810. The summed E-state index contributed by atoms with van der Waals surface area (Å²) in [5.74, 6) is -0.506. The molecule has 1 N–H and O–H groups in total. The van der Waals surface area contributed by atoms with Gasteiger partial charge in [-0.25, -0.2) is 8.42 Å². The second-order valence-corrected chi connectivity index (χ2v) is 14.5. The molecule has 0 bridgehead atoms. The summed E-state index contributed by atoms with van der Waals surface area (Å²) in [6, 6.07) is 24.5. The van der Waals surface area contributed by atoms with Crippen LogP contribution in [-0.2, 0) is 32.6 Å². The van der Waals surface area contributed by atoms with Crippen LogP contribution in [0, 0.1) is 6.92 Å². The van der Waals surface area contributed by atoms with E-state index in [2.05, 4.69) is 21.2 Å². The van der Waals surface area contributed by atoms with Gasteiger partial charge in [0.2, 0.25) is 11.8 Å². The Morgan fingerprint density at radius 1 is 0.957 bits per heavy atom. The summed E-state index contributed by atoms with van der Waals surface area (Å²) in [6.07, 6.45) is 0.883.